The summed E-state index contributed by atoms with van der Waals surface area (Å²) in [7, 11) is 0. The molecular weight excluding hydrogens is 486 g/mol. The predicted octanol–water partition coefficient (Wildman–Crippen LogP) is 6.37. The zero-order valence-corrected chi connectivity index (χ0v) is 20.7. The second-order valence-corrected chi connectivity index (χ2v) is 9.29. The number of amides is 1. The highest BCUT2D eigenvalue weighted by atomic mass is 35.5. The minimum Gasteiger partial charge on any atom is -0.369 e. The van der Waals surface area contributed by atoms with Crippen LogP contribution in [0.15, 0.2) is 42.5 Å². The van der Waals surface area contributed by atoms with Crippen molar-refractivity contribution >= 4 is 41.3 Å². The van der Waals surface area contributed by atoms with Crippen molar-refractivity contribution in [3.63, 3.8) is 0 Å². The number of para-hydroxylation sites is 1. The van der Waals surface area contributed by atoms with E-state index < -0.39 is 17.2 Å². The van der Waals surface area contributed by atoms with Crippen molar-refractivity contribution in [1.82, 2.24) is 4.90 Å². The highest BCUT2D eigenvalue weighted by molar-refractivity contribution is 6.31. The third kappa shape index (κ3) is 5.31. The Balaban J connectivity index is 0.00000324. The first-order chi connectivity index (χ1) is 15.7. The number of piperazine rings is 1. The lowest BCUT2D eigenvalue weighted by Crippen LogP contribution is -2.46. The molecule has 0 aliphatic carbocycles. The van der Waals surface area contributed by atoms with Crippen LogP contribution in [0.2, 0.25) is 5.02 Å². The van der Waals surface area contributed by atoms with Gasteiger partial charge in [-0.05, 0) is 55.6 Å². The van der Waals surface area contributed by atoms with Crippen LogP contribution in [0, 0.1) is 0 Å². The summed E-state index contributed by atoms with van der Waals surface area (Å²) in [6, 6.07) is 12.1. The lowest BCUT2D eigenvalue weighted by molar-refractivity contribution is -0.137. The zero-order chi connectivity index (χ0) is 23.6. The molecule has 4 rings (SSSR count). The quantitative estimate of drug-likeness (QED) is 0.435. The van der Waals surface area contributed by atoms with Crippen LogP contribution in [0.5, 0.6) is 0 Å². The molecule has 1 atom stereocenters. The number of rotatable bonds is 7. The van der Waals surface area contributed by atoms with Gasteiger partial charge in [0, 0.05) is 37.6 Å². The van der Waals surface area contributed by atoms with Crippen LogP contribution in [0.1, 0.15) is 43.7 Å². The molecule has 1 unspecified atom stereocenters. The molecule has 0 aromatic heterocycles. The summed E-state index contributed by atoms with van der Waals surface area (Å²) < 4.78 is 39.5. The highest BCUT2D eigenvalue weighted by Gasteiger charge is 2.44. The standard InChI is InChI=1S/C25H29ClF3N3O.ClH/c1-2-24(19-7-3-4-8-22(19)30-23(24)33)11-5-6-12-31-13-15-32(16-14-31)18-9-10-21(26)20(17-18)25(27,28)29;/h3-4,7-10,17H,2,5-6,11-16H2,1H3,(H,30,33);1H. The van der Waals surface area contributed by atoms with E-state index in [0.29, 0.717) is 18.8 Å². The van der Waals surface area contributed by atoms with E-state index in [2.05, 4.69) is 23.2 Å². The van der Waals surface area contributed by atoms with Gasteiger partial charge in [0.2, 0.25) is 5.91 Å². The number of nitrogens with zero attached hydrogens (tertiary/aromatic N) is 2. The number of carbonyl (C=O) groups is 1. The van der Waals surface area contributed by atoms with Crippen LogP contribution < -0.4 is 10.2 Å². The minimum absolute atomic E-state index is 0. The third-order valence-electron chi connectivity index (χ3n) is 7.05. The van der Waals surface area contributed by atoms with Crippen molar-refractivity contribution in [3.8, 4) is 0 Å². The van der Waals surface area contributed by atoms with E-state index in [4.69, 9.17) is 11.6 Å². The van der Waals surface area contributed by atoms with E-state index in [9.17, 15) is 18.0 Å². The Morgan fingerprint density at radius 3 is 2.44 bits per heavy atom. The molecule has 0 radical (unpaired) electrons. The van der Waals surface area contributed by atoms with E-state index in [0.717, 1.165) is 62.6 Å². The number of nitrogens with one attached hydrogen (secondary N) is 1. The van der Waals surface area contributed by atoms with Crippen molar-refractivity contribution in [2.75, 3.05) is 42.9 Å². The summed E-state index contributed by atoms with van der Waals surface area (Å²) in [5, 5.41) is 2.76. The average molecular weight is 516 g/mol. The van der Waals surface area contributed by atoms with Gasteiger partial charge in [-0.15, -0.1) is 12.4 Å². The van der Waals surface area contributed by atoms with E-state index in [1.807, 2.05) is 23.1 Å². The van der Waals surface area contributed by atoms with Crippen LogP contribution in [-0.4, -0.2) is 43.5 Å². The first kappa shape index (κ1) is 26.6. The molecule has 34 heavy (non-hydrogen) atoms. The summed E-state index contributed by atoms with van der Waals surface area (Å²) in [5.74, 6) is 0.0982. The highest BCUT2D eigenvalue weighted by Crippen LogP contribution is 2.43. The Labute approximate surface area is 209 Å². The van der Waals surface area contributed by atoms with Gasteiger partial charge in [-0.3, -0.25) is 9.69 Å². The van der Waals surface area contributed by atoms with Crippen molar-refractivity contribution in [1.29, 1.82) is 0 Å². The number of anilines is 2. The van der Waals surface area contributed by atoms with Gasteiger partial charge in [-0.2, -0.15) is 13.2 Å². The third-order valence-corrected chi connectivity index (χ3v) is 7.38. The molecule has 2 aliphatic rings. The molecule has 0 spiro atoms. The Hall–Kier alpha value is -1.96. The van der Waals surface area contributed by atoms with Crippen LogP contribution in [-0.2, 0) is 16.4 Å². The SMILES string of the molecule is CCC1(CCCCN2CCN(c3ccc(Cl)c(C(F)(F)F)c3)CC2)C(=O)Nc2ccccc21.Cl. The van der Waals surface area contributed by atoms with Crippen LogP contribution >= 0.6 is 24.0 Å². The van der Waals surface area contributed by atoms with Gasteiger partial charge >= 0.3 is 6.18 Å². The van der Waals surface area contributed by atoms with Gasteiger partial charge in [-0.1, -0.05) is 43.1 Å². The van der Waals surface area contributed by atoms with E-state index >= 15 is 0 Å². The normalized spacial score (nSPS) is 20.6. The molecule has 2 aromatic carbocycles. The molecule has 4 nitrogen and oxygen atoms in total. The molecule has 2 aromatic rings. The van der Waals surface area contributed by atoms with Gasteiger partial charge in [0.15, 0.2) is 0 Å². The molecule has 9 heteroatoms. The monoisotopic (exact) mass is 515 g/mol. The molecule has 0 bridgehead atoms. The topological polar surface area (TPSA) is 35.6 Å². The maximum Gasteiger partial charge on any atom is 0.417 e. The first-order valence-corrected chi connectivity index (χ1v) is 11.9. The Kier molecular flexibility index (Phi) is 8.43. The van der Waals surface area contributed by atoms with E-state index in [1.165, 1.54) is 6.07 Å². The largest absolute Gasteiger partial charge is 0.417 e. The molecular formula is C25H30Cl2F3N3O. The van der Waals surface area contributed by atoms with Crippen LogP contribution in [0.3, 0.4) is 0 Å². The summed E-state index contributed by atoms with van der Waals surface area (Å²) in [6.07, 6.45) is -0.938. The maximum atomic E-state index is 13.2. The number of alkyl halides is 3. The maximum absolute atomic E-state index is 13.2. The summed E-state index contributed by atoms with van der Waals surface area (Å²) in [4.78, 5) is 17.1. The van der Waals surface area contributed by atoms with Gasteiger partial charge in [0.05, 0.1) is 16.0 Å². The number of benzene rings is 2. The lowest BCUT2D eigenvalue weighted by Gasteiger charge is -2.36. The van der Waals surface area contributed by atoms with E-state index in [1.54, 1.807) is 6.07 Å². The van der Waals surface area contributed by atoms with E-state index in [-0.39, 0.29) is 23.3 Å². The number of halogens is 5. The van der Waals surface area contributed by atoms with Gasteiger partial charge in [0.25, 0.3) is 0 Å². The number of fused-ring (bicyclic) bond motifs is 1. The Morgan fingerprint density at radius 2 is 1.76 bits per heavy atom. The summed E-state index contributed by atoms with van der Waals surface area (Å²) >= 11 is 5.75. The number of unbranched alkanes of at least 4 members (excludes halogenated alkanes) is 1. The second-order valence-electron chi connectivity index (χ2n) is 8.88. The summed E-state index contributed by atoms with van der Waals surface area (Å²) in [6.45, 7) is 5.94. The lowest BCUT2D eigenvalue weighted by atomic mass is 9.75. The first-order valence-electron chi connectivity index (χ1n) is 11.5. The number of carbonyl (C=O) groups excluding carboxylic acids is 1. The van der Waals surface area contributed by atoms with Crippen molar-refractivity contribution < 1.29 is 18.0 Å². The minimum atomic E-state index is -4.46. The molecule has 1 saturated heterocycles. The Morgan fingerprint density at radius 1 is 1.06 bits per heavy atom. The van der Waals surface area contributed by atoms with Gasteiger partial charge in [-0.25, -0.2) is 0 Å². The number of hydrogen-bond donors (Lipinski definition) is 1. The molecule has 1 fully saturated rings. The molecule has 2 aliphatic heterocycles. The fourth-order valence-electron chi connectivity index (χ4n) is 5.07. The van der Waals surface area contributed by atoms with Crippen molar-refractivity contribution in [3.05, 3.63) is 58.6 Å². The molecule has 2 heterocycles. The fraction of sp³-hybridized carbons (Fsp3) is 0.480. The number of hydrogen-bond acceptors (Lipinski definition) is 3. The summed E-state index contributed by atoms with van der Waals surface area (Å²) in [5.41, 5.74) is 1.36. The smallest absolute Gasteiger partial charge is 0.369 e. The van der Waals surface area contributed by atoms with Crippen molar-refractivity contribution in [2.24, 2.45) is 0 Å². The van der Waals surface area contributed by atoms with Crippen molar-refractivity contribution in [2.45, 2.75) is 44.2 Å². The molecule has 1 N–H and O–H groups in total. The zero-order valence-electron chi connectivity index (χ0n) is 19.1. The molecule has 1 amide bonds. The molecule has 186 valence electrons. The second kappa shape index (κ2) is 10.8. The van der Waals surface area contributed by atoms with Gasteiger partial charge < -0.3 is 10.2 Å². The fourth-order valence-corrected chi connectivity index (χ4v) is 5.29. The molecule has 0 saturated carbocycles. The Bertz CT molecular complexity index is 1010. The van der Waals surface area contributed by atoms with Gasteiger partial charge in [0.1, 0.15) is 0 Å². The van der Waals surface area contributed by atoms with Crippen LogP contribution in [0.4, 0.5) is 24.5 Å². The predicted molar refractivity (Wildman–Crippen MR) is 133 cm³/mol. The average Bonchev–Trinajstić information content (AvgIpc) is 3.08. The van der Waals surface area contributed by atoms with Crippen LogP contribution in [0.25, 0.3) is 0 Å².